The molecule has 21 heavy (non-hydrogen) atoms. The Morgan fingerprint density at radius 1 is 1.43 bits per heavy atom. The molecule has 1 atom stereocenters. The molecule has 1 fully saturated rings. The number of ether oxygens (including phenoxy) is 1. The van der Waals surface area contributed by atoms with E-state index in [2.05, 4.69) is 44.1 Å². The van der Waals surface area contributed by atoms with Gasteiger partial charge in [0.05, 0.1) is 11.6 Å². The lowest BCUT2D eigenvalue weighted by molar-refractivity contribution is -0.127. The van der Waals surface area contributed by atoms with Crippen molar-refractivity contribution < 1.29 is 9.53 Å². The molecule has 1 amide bonds. The Labute approximate surface area is 142 Å². The summed E-state index contributed by atoms with van der Waals surface area (Å²) in [6, 6.07) is 4.26. The van der Waals surface area contributed by atoms with E-state index >= 15 is 0 Å². The van der Waals surface area contributed by atoms with Crippen molar-refractivity contribution in [2.45, 2.75) is 32.4 Å². The molecular weight excluding hydrogens is 400 g/mol. The summed E-state index contributed by atoms with van der Waals surface area (Å²) in [6.07, 6.45) is 1.68. The van der Waals surface area contributed by atoms with E-state index < -0.39 is 0 Å². The molecule has 1 aromatic rings. The maximum atomic E-state index is 11.6. The van der Waals surface area contributed by atoms with E-state index in [0.717, 1.165) is 39.8 Å². The number of benzene rings is 1. The summed E-state index contributed by atoms with van der Waals surface area (Å²) in [6.45, 7) is 4.45. The van der Waals surface area contributed by atoms with Crippen LogP contribution in [0, 0.1) is 0 Å². The van der Waals surface area contributed by atoms with E-state index in [0.29, 0.717) is 13.0 Å². The maximum absolute atomic E-state index is 11.6. The summed E-state index contributed by atoms with van der Waals surface area (Å²) < 4.78 is 7.38. The molecule has 0 radical (unpaired) electrons. The Morgan fingerprint density at radius 2 is 2.19 bits per heavy atom. The van der Waals surface area contributed by atoms with Crippen molar-refractivity contribution in [3.63, 3.8) is 0 Å². The molecule has 1 saturated heterocycles. The minimum absolute atomic E-state index is 0.245. The van der Waals surface area contributed by atoms with Crippen LogP contribution < -0.4 is 10.1 Å². The summed E-state index contributed by atoms with van der Waals surface area (Å²) in [5.41, 5.74) is 1.08. The van der Waals surface area contributed by atoms with Crippen LogP contribution in [0.4, 0.5) is 0 Å². The number of likely N-dealkylation sites (tertiary alicyclic amines) is 1. The third-order valence-corrected chi connectivity index (χ3v) is 4.64. The highest BCUT2D eigenvalue weighted by Gasteiger charge is 2.21. The summed E-state index contributed by atoms with van der Waals surface area (Å²) in [4.78, 5) is 13.6. The molecule has 1 N–H and O–H groups in total. The lowest BCUT2D eigenvalue weighted by Crippen LogP contribution is -2.39. The molecule has 4 nitrogen and oxygen atoms in total. The second-order valence-electron chi connectivity index (χ2n) is 5.31. The molecule has 6 heteroatoms. The second-order valence-corrected chi connectivity index (χ2v) is 7.08. The van der Waals surface area contributed by atoms with Crippen LogP contribution in [0.25, 0.3) is 0 Å². The number of nitrogens with one attached hydrogen (secondary N) is 1. The normalized spacial score (nSPS) is 16.4. The molecule has 0 aliphatic carbocycles. The molecule has 1 aromatic carbocycles. The number of amides is 1. The minimum atomic E-state index is 0.245. The van der Waals surface area contributed by atoms with Crippen molar-refractivity contribution in [2.75, 3.05) is 20.2 Å². The highest BCUT2D eigenvalue weighted by molar-refractivity contribution is 9.11. The van der Waals surface area contributed by atoms with Crippen LogP contribution in [0.2, 0.25) is 0 Å². The van der Waals surface area contributed by atoms with Gasteiger partial charge in [-0.3, -0.25) is 4.79 Å². The second kappa shape index (κ2) is 7.61. The van der Waals surface area contributed by atoms with E-state index in [1.165, 1.54) is 0 Å². The third kappa shape index (κ3) is 4.44. The Morgan fingerprint density at radius 3 is 2.81 bits per heavy atom. The largest absolute Gasteiger partial charge is 0.495 e. The predicted octanol–water partition coefficient (Wildman–Crippen LogP) is 3.32. The van der Waals surface area contributed by atoms with Gasteiger partial charge >= 0.3 is 0 Å². The standard InChI is InChI=1S/C15H20Br2N2O2/c1-10(9-19-5-3-4-14(19)20)18-8-11-6-12(16)7-13(17)15(11)21-2/h6-7,10,18H,3-5,8-9H2,1-2H3. The average Bonchev–Trinajstić information content (AvgIpc) is 2.81. The predicted molar refractivity (Wildman–Crippen MR) is 90.5 cm³/mol. The quantitative estimate of drug-likeness (QED) is 0.768. The molecule has 1 aliphatic heterocycles. The Kier molecular flexibility index (Phi) is 6.08. The first-order valence-electron chi connectivity index (χ1n) is 7.04. The summed E-state index contributed by atoms with van der Waals surface area (Å²) in [7, 11) is 1.67. The van der Waals surface area contributed by atoms with E-state index in [4.69, 9.17) is 4.74 Å². The van der Waals surface area contributed by atoms with Crippen LogP contribution in [0.1, 0.15) is 25.3 Å². The van der Waals surface area contributed by atoms with Crippen molar-refractivity contribution >= 4 is 37.8 Å². The first kappa shape index (κ1) is 16.8. The van der Waals surface area contributed by atoms with Crippen LogP contribution in [-0.4, -0.2) is 37.0 Å². The van der Waals surface area contributed by atoms with Gasteiger partial charge in [-0.15, -0.1) is 0 Å². The number of carbonyl (C=O) groups excluding carboxylic acids is 1. The molecule has 1 heterocycles. The van der Waals surface area contributed by atoms with Crippen LogP contribution in [0.3, 0.4) is 0 Å². The number of methoxy groups -OCH3 is 1. The monoisotopic (exact) mass is 418 g/mol. The lowest BCUT2D eigenvalue weighted by Gasteiger charge is -2.22. The first-order valence-corrected chi connectivity index (χ1v) is 8.63. The topological polar surface area (TPSA) is 41.6 Å². The van der Waals surface area contributed by atoms with Gasteiger partial charge in [0, 0.05) is 42.1 Å². The molecular formula is C15H20Br2N2O2. The SMILES string of the molecule is COc1c(Br)cc(Br)cc1CNC(C)CN1CCCC1=O. The van der Waals surface area contributed by atoms with E-state index in [9.17, 15) is 4.79 Å². The lowest BCUT2D eigenvalue weighted by atomic mass is 10.2. The molecule has 0 bridgehead atoms. The molecule has 1 aliphatic rings. The number of halogens is 2. The van der Waals surface area contributed by atoms with Gasteiger partial charge < -0.3 is 15.0 Å². The van der Waals surface area contributed by atoms with Gasteiger partial charge in [0.1, 0.15) is 5.75 Å². The van der Waals surface area contributed by atoms with Gasteiger partial charge in [-0.25, -0.2) is 0 Å². The fourth-order valence-electron chi connectivity index (χ4n) is 2.55. The smallest absolute Gasteiger partial charge is 0.222 e. The minimum Gasteiger partial charge on any atom is -0.495 e. The van der Waals surface area contributed by atoms with Gasteiger partial charge in [-0.2, -0.15) is 0 Å². The molecule has 2 rings (SSSR count). The Hall–Kier alpha value is -0.590. The average molecular weight is 420 g/mol. The van der Waals surface area contributed by atoms with E-state index in [1.807, 2.05) is 17.0 Å². The molecule has 0 saturated carbocycles. The number of hydrogen-bond acceptors (Lipinski definition) is 3. The number of rotatable bonds is 6. The highest BCUT2D eigenvalue weighted by atomic mass is 79.9. The van der Waals surface area contributed by atoms with Crippen LogP contribution in [0.15, 0.2) is 21.1 Å². The maximum Gasteiger partial charge on any atom is 0.222 e. The van der Waals surface area contributed by atoms with Crippen LogP contribution in [0.5, 0.6) is 5.75 Å². The van der Waals surface area contributed by atoms with Crippen molar-refractivity contribution in [3.05, 3.63) is 26.6 Å². The molecule has 1 unspecified atom stereocenters. The van der Waals surface area contributed by atoms with Crippen molar-refractivity contribution in [3.8, 4) is 5.75 Å². The summed E-state index contributed by atoms with van der Waals surface area (Å²) in [5, 5.41) is 3.46. The third-order valence-electron chi connectivity index (χ3n) is 3.60. The fourth-order valence-corrected chi connectivity index (χ4v) is 4.03. The number of hydrogen-bond donors (Lipinski definition) is 1. The van der Waals surface area contributed by atoms with E-state index in [-0.39, 0.29) is 11.9 Å². The summed E-state index contributed by atoms with van der Waals surface area (Å²) >= 11 is 7.00. The fraction of sp³-hybridized carbons (Fsp3) is 0.533. The van der Waals surface area contributed by atoms with Gasteiger partial charge in [0.2, 0.25) is 5.91 Å². The molecule has 116 valence electrons. The van der Waals surface area contributed by atoms with Gasteiger partial charge in [0.25, 0.3) is 0 Å². The number of carbonyl (C=O) groups is 1. The highest BCUT2D eigenvalue weighted by Crippen LogP contribution is 2.32. The zero-order valence-electron chi connectivity index (χ0n) is 12.3. The number of nitrogens with zero attached hydrogens (tertiary/aromatic N) is 1. The Bertz CT molecular complexity index is 523. The zero-order chi connectivity index (χ0) is 15.4. The summed E-state index contributed by atoms with van der Waals surface area (Å²) in [5.74, 6) is 1.11. The van der Waals surface area contributed by atoms with Crippen molar-refractivity contribution in [2.24, 2.45) is 0 Å². The molecule has 0 aromatic heterocycles. The first-order chi connectivity index (χ1) is 10.0. The van der Waals surface area contributed by atoms with Gasteiger partial charge in [-0.05, 0) is 41.4 Å². The van der Waals surface area contributed by atoms with Crippen LogP contribution >= 0.6 is 31.9 Å². The Balaban J connectivity index is 1.94. The molecule has 0 spiro atoms. The zero-order valence-corrected chi connectivity index (χ0v) is 15.5. The van der Waals surface area contributed by atoms with E-state index in [1.54, 1.807) is 7.11 Å². The van der Waals surface area contributed by atoms with Gasteiger partial charge in [-0.1, -0.05) is 15.9 Å². The van der Waals surface area contributed by atoms with Crippen LogP contribution in [-0.2, 0) is 11.3 Å². The van der Waals surface area contributed by atoms with Crippen molar-refractivity contribution in [1.29, 1.82) is 0 Å². The van der Waals surface area contributed by atoms with Gasteiger partial charge in [0.15, 0.2) is 0 Å². The van der Waals surface area contributed by atoms with Crippen molar-refractivity contribution in [1.82, 2.24) is 10.2 Å².